The van der Waals surface area contributed by atoms with E-state index in [0.717, 1.165) is 0 Å². The molecule has 3 rings (SSSR count). The molecule has 3 heterocycles. The van der Waals surface area contributed by atoms with Crippen molar-refractivity contribution in [2.75, 3.05) is 5.75 Å². The minimum absolute atomic E-state index is 0.00910. The fourth-order valence-corrected chi connectivity index (χ4v) is 4.41. The maximum absolute atomic E-state index is 12.4. The highest BCUT2D eigenvalue weighted by molar-refractivity contribution is 7.91. The van der Waals surface area contributed by atoms with Gasteiger partial charge in [-0.3, -0.25) is 9.20 Å². The van der Waals surface area contributed by atoms with Gasteiger partial charge in [0.2, 0.25) is 15.0 Å². The van der Waals surface area contributed by atoms with E-state index in [4.69, 9.17) is 0 Å². The Morgan fingerprint density at radius 1 is 1.32 bits per heavy atom. The Bertz CT molecular complexity index is 998. The third-order valence-electron chi connectivity index (χ3n) is 3.44. The highest BCUT2D eigenvalue weighted by Gasteiger charge is 2.21. The average molecular weight is 338 g/mol. The summed E-state index contributed by atoms with van der Waals surface area (Å²) in [6.45, 7) is 1.73. The van der Waals surface area contributed by atoms with Crippen molar-refractivity contribution in [1.29, 1.82) is 0 Å². The summed E-state index contributed by atoms with van der Waals surface area (Å²) in [5.74, 6) is -0.175. The monoisotopic (exact) mass is 338 g/mol. The van der Waals surface area contributed by atoms with Crippen LogP contribution in [0.15, 0.2) is 33.9 Å². The predicted molar refractivity (Wildman–Crippen MR) is 83.0 cm³/mol. The van der Waals surface area contributed by atoms with E-state index in [0.29, 0.717) is 16.2 Å². The maximum atomic E-state index is 12.4. The molecular formula is C13H14N4O3S2. The zero-order chi connectivity index (χ0) is 15.9. The lowest BCUT2D eigenvalue weighted by Gasteiger charge is -2.06. The van der Waals surface area contributed by atoms with Gasteiger partial charge in [-0.1, -0.05) is 0 Å². The van der Waals surface area contributed by atoms with E-state index in [1.165, 1.54) is 26.5 Å². The molecular weight excluding hydrogens is 324 g/mol. The molecule has 22 heavy (non-hydrogen) atoms. The molecule has 7 nitrogen and oxygen atoms in total. The van der Waals surface area contributed by atoms with Crippen molar-refractivity contribution in [3.8, 4) is 0 Å². The van der Waals surface area contributed by atoms with E-state index < -0.39 is 9.84 Å². The van der Waals surface area contributed by atoms with E-state index in [9.17, 15) is 13.2 Å². The first-order valence-electron chi connectivity index (χ1n) is 6.55. The maximum Gasteiger partial charge on any atom is 0.261 e. The molecule has 0 aliphatic carbocycles. The normalized spacial score (nSPS) is 12.1. The second kappa shape index (κ2) is 5.33. The van der Waals surface area contributed by atoms with E-state index in [2.05, 4.69) is 9.97 Å². The molecule has 0 spiro atoms. The minimum atomic E-state index is -3.54. The van der Waals surface area contributed by atoms with Gasteiger partial charge in [-0.2, -0.15) is 0 Å². The second-order valence-electron chi connectivity index (χ2n) is 4.93. The number of aromatic nitrogens is 4. The summed E-state index contributed by atoms with van der Waals surface area (Å²) in [6, 6.07) is 0. The molecule has 3 aromatic rings. The summed E-state index contributed by atoms with van der Waals surface area (Å²) in [6.07, 6.45) is 4.77. The topological polar surface area (TPSA) is 86.3 Å². The molecule has 0 bridgehead atoms. The Morgan fingerprint density at radius 3 is 2.77 bits per heavy atom. The Labute approximate surface area is 130 Å². The molecule has 0 unspecified atom stereocenters. The van der Waals surface area contributed by atoms with Gasteiger partial charge in [0.15, 0.2) is 4.96 Å². The van der Waals surface area contributed by atoms with Crippen LogP contribution in [-0.2, 0) is 23.3 Å². The highest BCUT2D eigenvalue weighted by atomic mass is 32.2. The number of nitrogens with zero attached hydrogens (tertiary/aromatic N) is 4. The van der Waals surface area contributed by atoms with Crippen LogP contribution >= 0.6 is 11.3 Å². The van der Waals surface area contributed by atoms with Crippen LogP contribution in [0.2, 0.25) is 0 Å². The molecule has 0 atom stereocenters. The first kappa shape index (κ1) is 14.9. The van der Waals surface area contributed by atoms with Crippen LogP contribution in [0.3, 0.4) is 0 Å². The number of hydrogen-bond acceptors (Lipinski definition) is 6. The molecule has 0 aliphatic heterocycles. The Balaban J connectivity index is 1.95. The van der Waals surface area contributed by atoms with Crippen LogP contribution in [0.25, 0.3) is 4.96 Å². The van der Waals surface area contributed by atoms with Crippen LogP contribution in [-0.4, -0.2) is 33.1 Å². The van der Waals surface area contributed by atoms with E-state index in [1.54, 1.807) is 31.7 Å². The molecule has 0 aliphatic rings. The van der Waals surface area contributed by atoms with Gasteiger partial charge in [-0.05, 0) is 13.3 Å². The summed E-state index contributed by atoms with van der Waals surface area (Å²) >= 11 is 1.37. The summed E-state index contributed by atoms with van der Waals surface area (Å²) in [5, 5.41) is 1.78. The minimum Gasteiger partial charge on any atom is -0.325 e. The average Bonchev–Trinajstić information content (AvgIpc) is 3.07. The molecule has 0 saturated heterocycles. The molecule has 116 valence electrons. The van der Waals surface area contributed by atoms with Gasteiger partial charge in [0, 0.05) is 42.3 Å². The smallest absolute Gasteiger partial charge is 0.261 e. The molecule has 3 aromatic heterocycles. The number of imidazole rings is 1. The summed E-state index contributed by atoms with van der Waals surface area (Å²) in [4.78, 5) is 21.2. The fourth-order valence-electron chi connectivity index (χ4n) is 2.29. The molecule has 9 heteroatoms. The molecule has 0 saturated carbocycles. The lowest BCUT2D eigenvalue weighted by atomic mass is 10.2. The predicted octanol–water partition coefficient (Wildman–Crippen LogP) is 0.814. The first-order valence-corrected chi connectivity index (χ1v) is 9.09. The number of aryl methyl sites for hydroxylation is 2. The quantitative estimate of drug-likeness (QED) is 0.703. The Morgan fingerprint density at radius 2 is 2.09 bits per heavy atom. The third kappa shape index (κ3) is 2.46. The lowest BCUT2D eigenvalue weighted by molar-refractivity contribution is 0.578. The molecule has 0 fully saturated rings. The van der Waals surface area contributed by atoms with Gasteiger partial charge in [-0.25, -0.2) is 18.4 Å². The number of hydrogen-bond donors (Lipinski definition) is 0. The van der Waals surface area contributed by atoms with Gasteiger partial charge < -0.3 is 4.57 Å². The second-order valence-corrected chi connectivity index (χ2v) is 7.80. The van der Waals surface area contributed by atoms with Crippen molar-refractivity contribution in [3.63, 3.8) is 0 Å². The van der Waals surface area contributed by atoms with Gasteiger partial charge in [0.1, 0.15) is 0 Å². The third-order valence-corrected chi connectivity index (χ3v) is 5.89. The Hall–Kier alpha value is -2.00. The van der Waals surface area contributed by atoms with Crippen molar-refractivity contribution in [2.45, 2.75) is 18.5 Å². The van der Waals surface area contributed by atoms with Crippen LogP contribution in [0, 0.1) is 6.92 Å². The molecule has 0 aromatic carbocycles. The fraction of sp³-hybridized carbons (Fsp3) is 0.308. The standard InChI is InChI=1S/C13H14N4O3S2/c1-9-10(11(18)17-6-7-21-12(17)15-9)3-8-22(19,20)13-14-4-5-16(13)2/h4-7H,3,8H2,1-2H3. The largest absolute Gasteiger partial charge is 0.325 e. The summed E-state index contributed by atoms with van der Waals surface area (Å²) in [7, 11) is -1.92. The molecule has 0 N–H and O–H groups in total. The van der Waals surface area contributed by atoms with Gasteiger partial charge >= 0.3 is 0 Å². The van der Waals surface area contributed by atoms with Crippen LogP contribution < -0.4 is 5.56 Å². The van der Waals surface area contributed by atoms with Crippen molar-refractivity contribution >= 4 is 26.1 Å². The van der Waals surface area contributed by atoms with Crippen molar-refractivity contribution < 1.29 is 8.42 Å². The van der Waals surface area contributed by atoms with Crippen molar-refractivity contribution in [3.05, 3.63) is 45.6 Å². The number of sulfone groups is 1. The van der Waals surface area contributed by atoms with Gasteiger partial charge in [-0.15, -0.1) is 11.3 Å². The van der Waals surface area contributed by atoms with E-state index in [-0.39, 0.29) is 22.9 Å². The van der Waals surface area contributed by atoms with Gasteiger partial charge in [0.25, 0.3) is 5.56 Å². The number of rotatable bonds is 4. The zero-order valence-corrected chi connectivity index (χ0v) is 13.7. The highest BCUT2D eigenvalue weighted by Crippen LogP contribution is 2.13. The molecule has 0 radical (unpaired) electrons. The number of thiazole rings is 1. The zero-order valence-electron chi connectivity index (χ0n) is 12.1. The summed E-state index contributed by atoms with van der Waals surface area (Å²) in [5.41, 5.74) is 0.787. The van der Waals surface area contributed by atoms with E-state index in [1.807, 2.05) is 0 Å². The van der Waals surface area contributed by atoms with Crippen molar-refractivity contribution in [1.82, 2.24) is 18.9 Å². The van der Waals surface area contributed by atoms with Gasteiger partial charge in [0.05, 0.1) is 5.75 Å². The van der Waals surface area contributed by atoms with Crippen LogP contribution in [0.4, 0.5) is 0 Å². The first-order chi connectivity index (χ1) is 10.4. The summed E-state index contributed by atoms with van der Waals surface area (Å²) < 4.78 is 27.5. The van der Waals surface area contributed by atoms with Crippen LogP contribution in [0.5, 0.6) is 0 Å². The molecule has 0 amide bonds. The van der Waals surface area contributed by atoms with Crippen LogP contribution in [0.1, 0.15) is 11.3 Å². The lowest BCUT2D eigenvalue weighted by Crippen LogP contribution is -2.23. The van der Waals surface area contributed by atoms with Crippen molar-refractivity contribution in [2.24, 2.45) is 7.05 Å². The van der Waals surface area contributed by atoms with E-state index >= 15 is 0 Å². The number of fused-ring (bicyclic) bond motifs is 1. The Kier molecular flexibility index (Phi) is 3.61. The SMILES string of the molecule is Cc1nc2sccn2c(=O)c1CCS(=O)(=O)c1nccn1C.